The summed E-state index contributed by atoms with van der Waals surface area (Å²) in [6, 6.07) is 0.202. The number of rotatable bonds is 5. The van der Waals surface area contributed by atoms with E-state index in [4.69, 9.17) is 0 Å². The van der Waals surface area contributed by atoms with E-state index in [-0.39, 0.29) is 23.8 Å². The van der Waals surface area contributed by atoms with Crippen LogP contribution in [0.25, 0.3) is 0 Å². The summed E-state index contributed by atoms with van der Waals surface area (Å²) in [5, 5.41) is 4.38. The molecule has 1 aromatic heterocycles. The van der Waals surface area contributed by atoms with Crippen LogP contribution in [0.1, 0.15) is 44.1 Å². The van der Waals surface area contributed by atoms with Crippen molar-refractivity contribution in [1.82, 2.24) is 19.6 Å². The average molecular weight is 344 g/mol. The van der Waals surface area contributed by atoms with Crippen LogP contribution in [0.4, 0.5) is 0 Å². The van der Waals surface area contributed by atoms with Gasteiger partial charge in [-0.15, -0.1) is 0 Å². The Kier molecular flexibility index (Phi) is 4.52. The Morgan fingerprint density at radius 3 is 2.80 bits per heavy atom. The summed E-state index contributed by atoms with van der Waals surface area (Å²) >= 11 is 0. The molecule has 3 heterocycles. The number of nitrogens with zero attached hydrogens (tertiary/aromatic N) is 4. The molecule has 3 aliphatic rings. The number of likely N-dealkylation sites (tertiary alicyclic amines) is 2. The Bertz CT molecular complexity index is 652. The minimum atomic E-state index is -0.147. The highest BCUT2D eigenvalue weighted by Crippen LogP contribution is 2.33. The Hall–Kier alpha value is -1.85. The van der Waals surface area contributed by atoms with Crippen LogP contribution in [-0.4, -0.2) is 57.1 Å². The maximum atomic E-state index is 13.1. The zero-order valence-electron chi connectivity index (χ0n) is 15.1. The predicted molar refractivity (Wildman–Crippen MR) is 93.7 cm³/mol. The number of piperidine rings is 1. The quantitative estimate of drug-likeness (QED) is 0.819. The first-order chi connectivity index (χ1) is 12.1. The topological polar surface area (TPSA) is 58.4 Å². The molecule has 2 atom stereocenters. The van der Waals surface area contributed by atoms with E-state index in [2.05, 4.69) is 5.10 Å². The van der Waals surface area contributed by atoms with Gasteiger partial charge in [-0.25, -0.2) is 0 Å². The van der Waals surface area contributed by atoms with Gasteiger partial charge in [0.15, 0.2) is 0 Å². The Labute approximate surface area is 149 Å². The van der Waals surface area contributed by atoms with Crippen molar-refractivity contribution in [3.63, 3.8) is 0 Å². The second-order valence-electron chi connectivity index (χ2n) is 8.06. The van der Waals surface area contributed by atoms with Gasteiger partial charge in [0.2, 0.25) is 11.8 Å². The van der Waals surface area contributed by atoms with Gasteiger partial charge in [0.25, 0.3) is 0 Å². The third kappa shape index (κ3) is 3.72. The number of carbonyl (C=O) groups is 2. The third-order valence-corrected chi connectivity index (χ3v) is 5.81. The first-order valence-corrected chi connectivity index (χ1v) is 9.67. The smallest absolute Gasteiger partial charge is 0.228 e. The van der Waals surface area contributed by atoms with Crippen LogP contribution in [0.3, 0.4) is 0 Å². The molecular weight excluding hydrogens is 316 g/mol. The van der Waals surface area contributed by atoms with E-state index in [0.717, 1.165) is 44.5 Å². The van der Waals surface area contributed by atoms with Gasteiger partial charge in [0.1, 0.15) is 0 Å². The van der Waals surface area contributed by atoms with E-state index in [1.807, 2.05) is 33.8 Å². The molecule has 6 nitrogen and oxygen atoms in total. The van der Waals surface area contributed by atoms with Crippen LogP contribution in [0.5, 0.6) is 0 Å². The number of carbonyl (C=O) groups excluding carboxylic acids is 2. The number of amides is 2. The van der Waals surface area contributed by atoms with E-state index >= 15 is 0 Å². The summed E-state index contributed by atoms with van der Waals surface area (Å²) in [6.07, 6.45) is 10.0. The van der Waals surface area contributed by atoms with Gasteiger partial charge in [-0.05, 0) is 50.5 Å². The molecule has 1 aromatic rings. The fourth-order valence-corrected chi connectivity index (χ4v) is 4.22. The fraction of sp³-hybridized carbons (Fsp3) is 0.737. The van der Waals surface area contributed by atoms with Gasteiger partial charge in [-0.1, -0.05) is 0 Å². The molecule has 2 aliphatic heterocycles. The molecule has 3 fully saturated rings. The van der Waals surface area contributed by atoms with Crippen molar-refractivity contribution in [2.75, 3.05) is 19.6 Å². The van der Waals surface area contributed by atoms with Gasteiger partial charge < -0.3 is 9.80 Å². The predicted octanol–water partition coefficient (Wildman–Crippen LogP) is 1.83. The van der Waals surface area contributed by atoms with Crippen molar-refractivity contribution < 1.29 is 9.59 Å². The van der Waals surface area contributed by atoms with Crippen molar-refractivity contribution in [3.05, 3.63) is 18.0 Å². The third-order valence-electron chi connectivity index (χ3n) is 5.81. The summed E-state index contributed by atoms with van der Waals surface area (Å²) in [6.45, 7) is 5.09. The van der Waals surface area contributed by atoms with Crippen LogP contribution in [-0.2, 0) is 16.1 Å². The number of hydrogen-bond donors (Lipinski definition) is 0. The van der Waals surface area contributed by atoms with Crippen molar-refractivity contribution in [3.8, 4) is 0 Å². The average Bonchev–Trinajstić information content (AvgIpc) is 3.22. The van der Waals surface area contributed by atoms with E-state index in [9.17, 15) is 9.59 Å². The number of aromatic nitrogens is 2. The SMILES string of the molecule is Cc1cnn(C[C@@H]2CCCCN2C(=O)[C@H]2CC(=O)N(CC3CC3)C2)c1. The van der Waals surface area contributed by atoms with E-state index < -0.39 is 0 Å². The van der Waals surface area contributed by atoms with Crippen LogP contribution in [0.2, 0.25) is 0 Å². The maximum Gasteiger partial charge on any atom is 0.228 e. The lowest BCUT2D eigenvalue weighted by molar-refractivity contribution is -0.139. The first-order valence-electron chi connectivity index (χ1n) is 9.67. The van der Waals surface area contributed by atoms with Crippen LogP contribution in [0.15, 0.2) is 12.4 Å². The van der Waals surface area contributed by atoms with Crippen molar-refractivity contribution >= 4 is 11.8 Å². The van der Waals surface area contributed by atoms with Gasteiger partial charge in [-0.3, -0.25) is 14.3 Å². The molecule has 0 aromatic carbocycles. The van der Waals surface area contributed by atoms with Crippen molar-refractivity contribution in [2.24, 2.45) is 11.8 Å². The van der Waals surface area contributed by atoms with E-state index in [1.165, 1.54) is 12.8 Å². The van der Waals surface area contributed by atoms with Crippen LogP contribution in [0, 0.1) is 18.8 Å². The Morgan fingerprint density at radius 1 is 1.24 bits per heavy atom. The molecule has 136 valence electrons. The van der Waals surface area contributed by atoms with Crippen molar-refractivity contribution in [1.29, 1.82) is 0 Å². The zero-order valence-corrected chi connectivity index (χ0v) is 15.1. The lowest BCUT2D eigenvalue weighted by atomic mass is 9.98. The maximum absolute atomic E-state index is 13.1. The molecule has 1 aliphatic carbocycles. The Balaban J connectivity index is 1.41. The number of aryl methyl sites for hydroxylation is 1. The lowest BCUT2D eigenvalue weighted by Crippen LogP contribution is -2.48. The molecule has 2 amide bonds. The summed E-state index contributed by atoms with van der Waals surface area (Å²) in [7, 11) is 0. The second kappa shape index (κ2) is 6.81. The highest BCUT2D eigenvalue weighted by molar-refractivity contribution is 5.89. The normalized spacial score (nSPS) is 27.2. The molecule has 0 bridgehead atoms. The van der Waals surface area contributed by atoms with Gasteiger partial charge in [0, 0.05) is 32.3 Å². The standard InChI is InChI=1S/C19H28N4O2/c1-14-9-20-22(10-14)13-17-4-2-3-7-23(17)19(25)16-8-18(24)21(12-16)11-15-5-6-15/h9-10,15-17H,2-8,11-13H2,1H3/t16-,17-/m0/s1. The van der Waals surface area contributed by atoms with Gasteiger partial charge >= 0.3 is 0 Å². The minimum Gasteiger partial charge on any atom is -0.342 e. The second-order valence-corrected chi connectivity index (χ2v) is 8.06. The molecule has 6 heteroatoms. The van der Waals surface area contributed by atoms with E-state index in [1.54, 1.807) is 0 Å². The molecule has 4 rings (SSSR count). The van der Waals surface area contributed by atoms with Crippen LogP contribution >= 0.6 is 0 Å². The largest absolute Gasteiger partial charge is 0.342 e. The van der Waals surface area contributed by atoms with Gasteiger partial charge in [0.05, 0.1) is 24.7 Å². The highest BCUT2D eigenvalue weighted by Gasteiger charge is 2.40. The molecule has 25 heavy (non-hydrogen) atoms. The molecule has 1 saturated carbocycles. The molecular formula is C19H28N4O2. The minimum absolute atomic E-state index is 0.147. The fourth-order valence-electron chi connectivity index (χ4n) is 4.22. The number of hydrogen-bond acceptors (Lipinski definition) is 3. The van der Waals surface area contributed by atoms with Crippen LogP contribution < -0.4 is 0 Å². The first kappa shape index (κ1) is 16.6. The summed E-state index contributed by atoms with van der Waals surface area (Å²) in [5.74, 6) is 0.886. The lowest BCUT2D eigenvalue weighted by Gasteiger charge is -2.37. The monoisotopic (exact) mass is 344 g/mol. The summed E-state index contributed by atoms with van der Waals surface area (Å²) in [5.41, 5.74) is 1.14. The summed E-state index contributed by atoms with van der Waals surface area (Å²) in [4.78, 5) is 29.3. The summed E-state index contributed by atoms with van der Waals surface area (Å²) < 4.78 is 1.95. The van der Waals surface area contributed by atoms with Crippen molar-refractivity contribution in [2.45, 2.75) is 58.0 Å². The zero-order chi connectivity index (χ0) is 17.4. The highest BCUT2D eigenvalue weighted by atomic mass is 16.2. The molecule has 0 unspecified atom stereocenters. The van der Waals surface area contributed by atoms with E-state index in [0.29, 0.717) is 18.9 Å². The molecule has 0 radical (unpaired) electrons. The Morgan fingerprint density at radius 2 is 2.08 bits per heavy atom. The van der Waals surface area contributed by atoms with Gasteiger partial charge in [-0.2, -0.15) is 5.10 Å². The molecule has 0 N–H and O–H groups in total. The molecule has 2 saturated heterocycles. The molecule has 0 spiro atoms.